The second-order valence-electron chi connectivity index (χ2n) is 6.13. The molecule has 3 atom stereocenters. The van der Waals surface area contributed by atoms with E-state index in [0.717, 1.165) is 18.4 Å². The quantitative estimate of drug-likeness (QED) is 0.904. The van der Waals surface area contributed by atoms with Crippen molar-refractivity contribution in [2.45, 2.75) is 38.8 Å². The molecule has 1 aromatic rings. The Bertz CT molecular complexity index is 606. The van der Waals surface area contributed by atoms with Gasteiger partial charge in [0.25, 0.3) is 0 Å². The van der Waals surface area contributed by atoms with E-state index < -0.39 is 10.0 Å². The summed E-state index contributed by atoms with van der Waals surface area (Å²) in [6.45, 7) is 5.20. The lowest BCUT2D eigenvalue weighted by Crippen LogP contribution is -2.51. The average Bonchev–Trinajstić information content (AvgIpc) is 2.46. The minimum absolute atomic E-state index is 0.0412. The van der Waals surface area contributed by atoms with Crippen LogP contribution in [0.3, 0.4) is 0 Å². The van der Waals surface area contributed by atoms with Gasteiger partial charge in [-0.05, 0) is 37.0 Å². The molecule has 2 rings (SSSR count). The summed E-state index contributed by atoms with van der Waals surface area (Å²) in [5.41, 5.74) is 0.917. The monoisotopic (exact) mass is 328 g/mol. The van der Waals surface area contributed by atoms with E-state index in [4.69, 9.17) is 0 Å². The topological polar surface area (TPSA) is 49.4 Å². The van der Waals surface area contributed by atoms with Crippen LogP contribution in [0.25, 0.3) is 0 Å². The minimum Gasteiger partial charge on any atom is -0.307 e. The molecule has 124 valence electrons. The number of nitrogens with one attached hydrogen (secondary N) is 1. The van der Waals surface area contributed by atoms with Gasteiger partial charge in [0.05, 0.1) is 6.26 Å². The van der Waals surface area contributed by atoms with Gasteiger partial charge >= 0.3 is 0 Å². The molecular formula is C16H25FN2O2S. The lowest BCUT2D eigenvalue weighted by molar-refractivity contribution is 0.193. The molecule has 1 saturated heterocycles. The van der Waals surface area contributed by atoms with E-state index in [1.807, 2.05) is 13.0 Å². The second kappa shape index (κ2) is 7.06. The summed E-state index contributed by atoms with van der Waals surface area (Å²) in [5.74, 6) is 0.0459. The van der Waals surface area contributed by atoms with Crippen LogP contribution in [-0.4, -0.2) is 38.1 Å². The first-order valence-electron chi connectivity index (χ1n) is 7.78. The van der Waals surface area contributed by atoms with Crippen LogP contribution in [0.5, 0.6) is 0 Å². The SMILES string of the molecule is CC[C@@H]1CN(S(C)(=O)=O)CC[C@@H]1N[C@@H](C)c1cccc(F)c1. The van der Waals surface area contributed by atoms with Crippen molar-refractivity contribution in [1.29, 1.82) is 0 Å². The maximum Gasteiger partial charge on any atom is 0.211 e. The molecule has 22 heavy (non-hydrogen) atoms. The normalized spacial score (nSPS) is 25.1. The highest BCUT2D eigenvalue weighted by molar-refractivity contribution is 7.88. The average molecular weight is 328 g/mol. The summed E-state index contributed by atoms with van der Waals surface area (Å²) < 4.78 is 38.3. The molecule has 0 radical (unpaired) electrons. The Morgan fingerprint density at radius 2 is 2.18 bits per heavy atom. The van der Waals surface area contributed by atoms with Crippen molar-refractivity contribution in [1.82, 2.24) is 9.62 Å². The fourth-order valence-corrected chi connectivity index (χ4v) is 4.03. The Labute approximate surface area is 132 Å². The van der Waals surface area contributed by atoms with Crippen LogP contribution < -0.4 is 5.32 Å². The third-order valence-electron chi connectivity index (χ3n) is 4.50. The third-order valence-corrected chi connectivity index (χ3v) is 5.77. The Morgan fingerprint density at radius 1 is 1.45 bits per heavy atom. The molecule has 0 aromatic heterocycles. The number of hydrogen-bond acceptors (Lipinski definition) is 3. The Morgan fingerprint density at radius 3 is 2.77 bits per heavy atom. The molecule has 1 heterocycles. The van der Waals surface area contributed by atoms with Gasteiger partial charge < -0.3 is 5.32 Å². The van der Waals surface area contributed by atoms with E-state index in [-0.39, 0.29) is 23.8 Å². The largest absolute Gasteiger partial charge is 0.307 e. The first kappa shape index (κ1) is 17.4. The van der Waals surface area contributed by atoms with E-state index in [1.165, 1.54) is 12.3 Å². The van der Waals surface area contributed by atoms with Crippen LogP contribution in [0, 0.1) is 11.7 Å². The van der Waals surface area contributed by atoms with Gasteiger partial charge in [0.15, 0.2) is 0 Å². The zero-order chi connectivity index (χ0) is 16.3. The molecule has 0 aliphatic carbocycles. The van der Waals surface area contributed by atoms with E-state index in [0.29, 0.717) is 13.1 Å². The molecular weight excluding hydrogens is 303 g/mol. The molecule has 0 bridgehead atoms. The molecule has 0 spiro atoms. The van der Waals surface area contributed by atoms with Crippen molar-refractivity contribution in [3.63, 3.8) is 0 Å². The number of halogens is 1. The van der Waals surface area contributed by atoms with Gasteiger partial charge in [0, 0.05) is 25.2 Å². The molecule has 1 aliphatic heterocycles. The van der Waals surface area contributed by atoms with Crippen molar-refractivity contribution < 1.29 is 12.8 Å². The molecule has 1 aliphatic rings. The van der Waals surface area contributed by atoms with Crippen molar-refractivity contribution >= 4 is 10.0 Å². The summed E-state index contributed by atoms with van der Waals surface area (Å²) >= 11 is 0. The van der Waals surface area contributed by atoms with Gasteiger partial charge in [-0.1, -0.05) is 25.5 Å². The molecule has 1 aromatic carbocycles. The molecule has 6 heteroatoms. The number of rotatable bonds is 5. The van der Waals surface area contributed by atoms with Crippen LogP contribution >= 0.6 is 0 Å². The van der Waals surface area contributed by atoms with Gasteiger partial charge in [0.1, 0.15) is 5.82 Å². The Hall–Kier alpha value is -0.980. The summed E-state index contributed by atoms with van der Waals surface area (Å²) in [7, 11) is -3.12. The fraction of sp³-hybridized carbons (Fsp3) is 0.625. The maximum atomic E-state index is 13.3. The highest BCUT2D eigenvalue weighted by Gasteiger charge is 2.32. The summed E-state index contributed by atoms with van der Waals surface area (Å²) in [5, 5.41) is 3.55. The summed E-state index contributed by atoms with van der Waals surface area (Å²) in [6.07, 6.45) is 2.97. The van der Waals surface area contributed by atoms with Gasteiger partial charge in [-0.3, -0.25) is 0 Å². The first-order chi connectivity index (χ1) is 10.3. The lowest BCUT2D eigenvalue weighted by atomic mass is 9.90. The van der Waals surface area contributed by atoms with E-state index in [1.54, 1.807) is 16.4 Å². The Kier molecular flexibility index (Phi) is 5.58. The third kappa shape index (κ3) is 4.27. The summed E-state index contributed by atoms with van der Waals surface area (Å²) in [4.78, 5) is 0. The van der Waals surface area contributed by atoms with Crippen LogP contribution in [0.2, 0.25) is 0 Å². The maximum absolute atomic E-state index is 13.3. The summed E-state index contributed by atoms with van der Waals surface area (Å²) in [6, 6.07) is 6.90. The molecule has 0 saturated carbocycles. The molecule has 4 nitrogen and oxygen atoms in total. The number of benzene rings is 1. The Balaban J connectivity index is 2.03. The van der Waals surface area contributed by atoms with Crippen LogP contribution in [-0.2, 0) is 10.0 Å². The van der Waals surface area contributed by atoms with E-state index in [2.05, 4.69) is 12.2 Å². The predicted molar refractivity (Wildman–Crippen MR) is 86.6 cm³/mol. The molecule has 0 unspecified atom stereocenters. The van der Waals surface area contributed by atoms with Gasteiger partial charge in [-0.25, -0.2) is 17.1 Å². The van der Waals surface area contributed by atoms with Crippen LogP contribution in [0.1, 0.15) is 38.3 Å². The zero-order valence-corrected chi connectivity index (χ0v) is 14.2. The number of nitrogens with zero attached hydrogens (tertiary/aromatic N) is 1. The molecule has 1 N–H and O–H groups in total. The highest BCUT2D eigenvalue weighted by atomic mass is 32.2. The second-order valence-corrected chi connectivity index (χ2v) is 8.11. The number of sulfonamides is 1. The van der Waals surface area contributed by atoms with Crippen molar-refractivity contribution in [2.24, 2.45) is 5.92 Å². The first-order valence-corrected chi connectivity index (χ1v) is 9.62. The zero-order valence-electron chi connectivity index (χ0n) is 13.4. The minimum atomic E-state index is -3.12. The molecule has 1 fully saturated rings. The smallest absolute Gasteiger partial charge is 0.211 e. The standard InChI is InChI=1S/C16H25FN2O2S/c1-4-13-11-19(22(3,20)21)9-8-16(13)18-12(2)14-6-5-7-15(17)10-14/h5-7,10,12-13,16,18H,4,8-9,11H2,1-3H3/t12-,13+,16-/m0/s1. The van der Waals surface area contributed by atoms with Crippen molar-refractivity contribution in [2.75, 3.05) is 19.3 Å². The number of piperidine rings is 1. The van der Waals surface area contributed by atoms with Crippen LogP contribution in [0.4, 0.5) is 4.39 Å². The highest BCUT2D eigenvalue weighted by Crippen LogP contribution is 2.25. The van der Waals surface area contributed by atoms with Crippen LogP contribution in [0.15, 0.2) is 24.3 Å². The van der Waals surface area contributed by atoms with E-state index in [9.17, 15) is 12.8 Å². The van der Waals surface area contributed by atoms with Gasteiger partial charge in [-0.15, -0.1) is 0 Å². The number of hydrogen-bond donors (Lipinski definition) is 1. The predicted octanol–water partition coefficient (Wildman–Crippen LogP) is 2.54. The van der Waals surface area contributed by atoms with Gasteiger partial charge in [-0.2, -0.15) is 0 Å². The van der Waals surface area contributed by atoms with Gasteiger partial charge in [0.2, 0.25) is 10.0 Å². The lowest BCUT2D eigenvalue weighted by Gasteiger charge is -2.38. The van der Waals surface area contributed by atoms with Crippen molar-refractivity contribution in [3.05, 3.63) is 35.6 Å². The molecule has 0 amide bonds. The van der Waals surface area contributed by atoms with Crippen molar-refractivity contribution in [3.8, 4) is 0 Å². The fourth-order valence-electron chi connectivity index (χ4n) is 3.13. The van der Waals surface area contributed by atoms with E-state index >= 15 is 0 Å².